The predicted octanol–water partition coefficient (Wildman–Crippen LogP) is 5.75. The highest BCUT2D eigenvalue weighted by atomic mass is 16.4. The van der Waals surface area contributed by atoms with Gasteiger partial charge in [0.05, 0.1) is 22.6 Å². The minimum atomic E-state index is -1.11. The summed E-state index contributed by atoms with van der Waals surface area (Å²) in [5.41, 5.74) is 2.30. The van der Waals surface area contributed by atoms with E-state index in [9.17, 15) is 19.5 Å². The van der Waals surface area contributed by atoms with Gasteiger partial charge in [-0.15, -0.1) is 0 Å². The molecule has 1 aliphatic heterocycles. The quantitative estimate of drug-likeness (QED) is 0.335. The summed E-state index contributed by atoms with van der Waals surface area (Å²) >= 11 is 0. The Hall–Kier alpha value is -4.65. The SMILES string of the molecule is O=C(O)c1ccc2c3c(cccc13)C(=O)N(c1ccc(N=Nc3ccccc3)cc1)C2=O. The Labute approximate surface area is 182 Å². The van der Waals surface area contributed by atoms with E-state index in [1.165, 1.54) is 12.1 Å². The molecule has 7 heteroatoms. The van der Waals surface area contributed by atoms with E-state index in [0.29, 0.717) is 27.8 Å². The van der Waals surface area contributed by atoms with Crippen LogP contribution < -0.4 is 4.90 Å². The number of aromatic carboxylic acids is 1. The van der Waals surface area contributed by atoms with Gasteiger partial charge in [-0.05, 0) is 60.0 Å². The lowest BCUT2D eigenvalue weighted by molar-refractivity contribution is 0.0697. The normalized spacial score (nSPS) is 13.2. The molecule has 1 heterocycles. The van der Waals surface area contributed by atoms with Crippen molar-refractivity contribution in [2.45, 2.75) is 0 Å². The molecule has 0 fully saturated rings. The molecule has 0 unspecified atom stereocenters. The first-order valence-electron chi connectivity index (χ1n) is 9.79. The number of carboxylic acids is 1. The molecule has 4 aromatic rings. The molecule has 0 saturated heterocycles. The van der Waals surface area contributed by atoms with Crippen LogP contribution in [0.3, 0.4) is 0 Å². The number of carbonyl (C=O) groups excluding carboxylic acids is 2. The third-order valence-electron chi connectivity index (χ3n) is 5.28. The standard InChI is InChI=1S/C25H15N3O4/c29-23-20-8-4-7-18-19(25(31)32)13-14-21(22(18)20)24(30)28(23)17-11-9-16(10-12-17)27-26-15-5-2-1-3-6-15/h1-14H,(H,31,32). The van der Waals surface area contributed by atoms with Gasteiger partial charge in [-0.1, -0.05) is 30.3 Å². The van der Waals surface area contributed by atoms with Gasteiger partial charge in [-0.25, -0.2) is 9.69 Å². The number of benzene rings is 4. The van der Waals surface area contributed by atoms with E-state index in [4.69, 9.17) is 0 Å². The molecule has 0 atom stereocenters. The summed E-state index contributed by atoms with van der Waals surface area (Å²) in [6.45, 7) is 0. The molecule has 1 N–H and O–H groups in total. The Bertz CT molecular complexity index is 1410. The van der Waals surface area contributed by atoms with Crippen molar-refractivity contribution in [3.05, 3.63) is 102 Å². The molecule has 0 aliphatic carbocycles. The van der Waals surface area contributed by atoms with Gasteiger partial charge in [0.1, 0.15) is 0 Å². The number of carbonyl (C=O) groups is 3. The lowest BCUT2D eigenvalue weighted by Crippen LogP contribution is -2.40. The average Bonchev–Trinajstić information content (AvgIpc) is 2.82. The van der Waals surface area contributed by atoms with Crippen LogP contribution in [0, 0.1) is 0 Å². The van der Waals surface area contributed by atoms with Crippen LogP contribution in [0.1, 0.15) is 31.1 Å². The van der Waals surface area contributed by atoms with Crippen LogP contribution in [0.5, 0.6) is 0 Å². The zero-order valence-electron chi connectivity index (χ0n) is 16.6. The molecule has 2 amide bonds. The first-order valence-corrected chi connectivity index (χ1v) is 9.79. The molecule has 32 heavy (non-hydrogen) atoms. The van der Waals surface area contributed by atoms with Crippen LogP contribution in [0.25, 0.3) is 10.8 Å². The van der Waals surface area contributed by atoms with E-state index in [0.717, 1.165) is 4.90 Å². The van der Waals surface area contributed by atoms with E-state index in [2.05, 4.69) is 10.2 Å². The molecular formula is C25H15N3O4. The number of anilines is 1. The third-order valence-corrected chi connectivity index (χ3v) is 5.28. The number of carboxylic acid groups (broad SMARTS) is 1. The highest BCUT2D eigenvalue weighted by molar-refractivity contribution is 6.36. The summed E-state index contributed by atoms with van der Waals surface area (Å²) in [7, 11) is 0. The molecule has 5 rings (SSSR count). The second-order valence-electron chi connectivity index (χ2n) is 7.19. The molecule has 1 aliphatic rings. The number of azo groups is 1. The molecule has 154 valence electrons. The fourth-order valence-electron chi connectivity index (χ4n) is 3.80. The van der Waals surface area contributed by atoms with Crippen molar-refractivity contribution >= 4 is 45.6 Å². The highest BCUT2D eigenvalue weighted by Gasteiger charge is 2.34. The van der Waals surface area contributed by atoms with Crippen molar-refractivity contribution in [2.75, 3.05) is 4.90 Å². The summed E-state index contributed by atoms with van der Waals surface area (Å²) in [6, 6.07) is 23.6. The lowest BCUT2D eigenvalue weighted by atomic mass is 9.91. The van der Waals surface area contributed by atoms with E-state index in [-0.39, 0.29) is 16.7 Å². The smallest absolute Gasteiger partial charge is 0.336 e. The largest absolute Gasteiger partial charge is 0.478 e. The molecule has 0 aromatic heterocycles. The Morgan fingerprint density at radius 1 is 0.688 bits per heavy atom. The molecule has 0 bridgehead atoms. The van der Waals surface area contributed by atoms with Crippen molar-refractivity contribution in [3.8, 4) is 0 Å². The predicted molar refractivity (Wildman–Crippen MR) is 119 cm³/mol. The number of rotatable bonds is 4. The Balaban J connectivity index is 1.52. The van der Waals surface area contributed by atoms with Gasteiger partial charge < -0.3 is 5.11 Å². The number of imide groups is 1. The van der Waals surface area contributed by atoms with Gasteiger partial charge in [0.25, 0.3) is 11.8 Å². The molecule has 0 saturated carbocycles. The molecule has 0 spiro atoms. The highest BCUT2D eigenvalue weighted by Crippen LogP contribution is 2.35. The third kappa shape index (κ3) is 3.13. The molecule has 0 radical (unpaired) electrons. The summed E-state index contributed by atoms with van der Waals surface area (Å²) in [4.78, 5) is 39.1. The Morgan fingerprint density at radius 2 is 1.31 bits per heavy atom. The summed E-state index contributed by atoms with van der Waals surface area (Å²) < 4.78 is 0. The van der Waals surface area contributed by atoms with E-state index < -0.39 is 17.8 Å². The topological polar surface area (TPSA) is 99.4 Å². The van der Waals surface area contributed by atoms with Crippen molar-refractivity contribution < 1.29 is 19.5 Å². The number of amides is 2. The van der Waals surface area contributed by atoms with Crippen LogP contribution in [0.4, 0.5) is 17.1 Å². The van der Waals surface area contributed by atoms with Crippen LogP contribution in [-0.2, 0) is 0 Å². The van der Waals surface area contributed by atoms with Gasteiger partial charge in [0.2, 0.25) is 0 Å². The minimum Gasteiger partial charge on any atom is -0.478 e. The Kier molecular flexibility index (Phi) is 4.56. The second-order valence-corrected chi connectivity index (χ2v) is 7.19. The maximum Gasteiger partial charge on any atom is 0.336 e. The number of hydrogen-bond donors (Lipinski definition) is 1. The number of nitrogens with zero attached hydrogens (tertiary/aromatic N) is 3. The first-order chi connectivity index (χ1) is 15.5. The maximum absolute atomic E-state index is 13.2. The maximum atomic E-state index is 13.2. The van der Waals surface area contributed by atoms with Crippen molar-refractivity contribution in [2.24, 2.45) is 10.2 Å². The summed E-state index contributed by atoms with van der Waals surface area (Å²) in [5, 5.41) is 18.5. The van der Waals surface area contributed by atoms with Crippen LogP contribution >= 0.6 is 0 Å². The summed E-state index contributed by atoms with van der Waals surface area (Å²) in [6.07, 6.45) is 0. The van der Waals surface area contributed by atoms with Gasteiger partial charge >= 0.3 is 5.97 Å². The van der Waals surface area contributed by atoms with Crippen LogP contribution in [-0.4, -0.2) is 22.9 Å². The molecular weight excluding hydrogens is 406 g/mol. The second kappa shape index (κ2) is 7.55. The fourth-order valence-corrected chi connectivity index (χ4v) is 3.80. The average molecular weight is 421 g/mol. The van der Waals surface area contributed by atoms with Gasteiger partial charge in [-0.3, -0.25) is 9.59 Å². The minimum absolute atomic E-state index is 0.0489. The van der Waals surface area contributed by atoms with Crippen LogP contribution in [0.15, 0.2) is 95.2 Å². The Morgan fingerprint density at radius 3 is 1.97 bits per heavy atom. The van der Waals surface area contributed by atoms with Gasteiger partial charge in [0, 0.05) is 16.5 Å². The molecule has 4 aromatic carbocycles. The van der Waals surface area contributed by atoms with E-state index >= 15 is 0 Å². The first kappa shape index (κ1) is 19.3. The van der Waals surface area contributed by atoms with E-state index in [1.54, 1.807) is 42.5 Å². The summed E-state index contributed by atoms with van der Waals surface area (Å²) in [5.74, 6) is -2.13. The lowest BCUT2D eigenvalue weighted by Gasteiger charge is -2.27. The zero-order chi connectivity index (χ0) is 22.2. The monoisotopic (exact) mass is 421 g/mol. The fraction of sp³-hybridized carbons (Fsp3) is 0. The van der Waals surface area contributed by atoms with Crippen molar-refractivity contribution in [1.29, 1.82) is 0 Å². The zero-order valence-corrected chi connectivity index (χ0v) is 16.6. The van der Waals surface area contributed by atoms with Crippen molar-refractivity contribution in [1.82, 2.24) is 0 Å². The molecule has 7 nitrogen and oxygen atoms in total. The van der Waals surface area contributed by atoms with Gasteiger partial charge in [-0.2, -0.15) is 10.2 Å². The van der Waals surface area contributed by atoms with E-state index in [1.807, 2.05) is 30.3 Å². The van der Waals surface area contributed by atoms with Crippen molar-refractivity contribution in [3.63, 3.8) is 0 Å². The number of hydrogen-bond acceptors (Lipinski definition) is 5. The van der Waals surface area contributed by atoms with Crippen LogP contribution in [0.2, 0.25) is 0 Å². The van der Waals surface area contributed by atoms with Gasteiger partial charge in [0.15, 0.2) is 0 Å².